The van der Waals surface area contributed by atoms with Gasteiger partial charge in [0.25, 0.3) is 0 Å². The molecule has 0 unspecified atom stereocenters. The van der Waals surface area contributed by atoms with Gasteiger partial charge in [-0.25, -0.2) is 9.97 Å². The number of hydrogen-bond donors (Lipinski definition) is 3. The van der Waals surface area contributed by atoms with Crippen molar-refractivity contribution in [2.24, 2.45) is 0 Å². The Morgan fingerprint density at radius 3 is 2.24 bits per heavy atom. The molecule has 4 aliphatic rings. The lowest BCUT2D eigenvalue weighted by atomic mass is 9.77. The normalized spacial score (nSPS) is 21.8. The number of imidazole rings is 2. The van der Waals surface area contributed by atoms with E-state index in [1.807, 2.05) is 17.3 Å². The van der Waals surface area contributed by atoms with E-state index in [4.69, 9.17) is 9.97 Å². The fraction of sp³-hybridized carbons (Fsp3) is 0.405. The molecule has 2 aromatic heterocycles. The average Bonchev–Trinajstić information content (AvgIpc) is 3.62. The van der Waals surface area contributed by atoms with E-state index in [1.54, 1.807) is 0 Å². The number of carbonyl (C=O) groups excluding carboxylic acids is 2. The molecule has 9 nitrogen and oxygen atoms in total. The van der Waals surface area contributed by atoms with Gasteiger partial charge in [-0.15, -0.1) is 0 Å². The molecule has 2 atom stereocenters. The topological polar surface area (TPSA) is 110 Å². The van der Waals surface area contributed by atoms with Crippen molar-refractivity contribution in [3.8, 4) is 22.5 Å². The van der Waals surface area contributed by atoms with Crippen LogP contribution in [0.25, 0.3) is 34.2 Å². The van der Waals surface area contributed by atoms with Crippen LogP contribution in [-0.2, 0) is 15.0 Å². The molecule has 236 valence electrons. The molecule has 2 saturated heterocycles. The first-order valence-corrected chi connectivity index (χ1v) is 16.7. The number of carbonyl (C=O) groups is 2. The number of rotatable bonds is 7. The number of hydrogen-bond acceptors (Lipinski definition) is 5. The lowest BCUT2D eigenvalue weighted by molar-refractivity contribution is -0.133. The summed E-state index contributed by atoms with van der Waals surface area (Å²) in [4.78, 5) is 44.9. The van der Waals surface area contributed by atoms with E-state index in [2.05, 4.69) is 75.8 Å². The molecule has 8 rings (SSSR count). The Bertz CT molecular complexity index is 1830. The van der Waals surface area contributed by atoms with Gasteiger partial charge in [0.05, 0.1) is 42.4 Å². The molecule has 2 aliphatic heterocycles. The maximum Gasteiger partial charge on any atom is 0.242 e. The quantitative estimate of drug-likeness (QED) is 0.236. The highest BCUT2D eigenvalue weighted by Crippen LogP contribution is 2.58. The molecule has 46 heavy (non-hydrogen) atoms. The third-order valence-corrected chi connectivity index (χ3v) is 10.6. The maximum absolute atomic E-state index is 12.8. The number of aromatic amines is 2. The lowest BCUT2D eigenvalue weighted by Crippen LogP contribution is -2.39. The third kappa shape index (κ3) is 5.26. The Labute approximate surface area is 269 Å². The number of H-pyrrole nitrogens is 2. The minimum atomic E-state index is -0.198. The molecule has 2 aromatic carbocycles. The number of allylic oxidation sites excluding steroid dienone is 1. The van der Waals surface area contributed by atoms with Crippen molar-refractivity contribution in [2.45, 2.75) is 69.4 Å². The van der Waals surface area contributed by atoms with E-state index in [0.29, 0.717) is 12.6 Å². The highest BCUT2D eigenvalue weighted by Gasteiger charge is 2.47. The van der Waals surface area contributed by atoms with Crippen LogP contribution in [0.4, 0.5) is 0 Å². The van der Waals surface area contributed by atoms with Gasteiger partial charge in [-0.2, -0.15) is 0 Å². The predicted octanol–water partition coefficient (Wildman–Crippen LogP) is 6.01. The first-order valence-electron chi connectivity index (χ1n) is 16.7. The monoisotopic (exact) mass is 615 g/mol. The molecule has 2 amide bonds. The fourth-order valence-corrected chi connectivity index (χ4v) is 7.87. The molecule has 9 heteroatoms. The Morgan fingerprint density at radius 2 is 1.54 bits per heavy atom. The van der Waals surface area contributed by atoms with Gasteiger partial charge in [0.1, 0.15) is 11.6 Å². The molecule has 2 aliphatic carbocycles. The number of nitrogens with one attached hydrogen (secondary N) is 3. The van der Waals surface area contributed by atoms with E-state index in [9.17, 15) is 9.59 Å². The Kier molecular flexibility index (Phi) is 7.16. The average molecular weight is 616 g/mol. The summed E-state index contributed by atoms with van der Waals surface area (Å²) in [5.74, 6) is 1.61. The van der Waals surface area contributed by atoms with Crippen molar-refractivity contribution in [2.75, 3.05) is 26.7 Å². The number of likely N-dealkylation sites (tertiary alicyclic amines) is 2. The van der Waals surface area contributed by atoms with Crippen LogP contribution in [0.5, 0.6) is 0 Å². The SMILES string of the molecule is CC(=O)NCC(=O)N1CCC[C@H]1c1ncc(-c2ccc3c(c2)C2(CC2)CC(c2ccc(-c4cnc([C@@H]5CCCN5C)[nH]4)cc2)=C3)[nH]1. The summed E-state index contributed by atoms with van der Waals surface area (Å²) in [6, 6.07) is 16.0. The van der Waals surface area contributed by atoms with Crippen LogP contribution in [0, 0.1) is 0 Å². The van der Waals surface area contributed by atoms with Gasteiger partial charge in [0.15, 0.2) is 0 Å². The summed E-state index contributed by atoms with van der Waals surface area (Å²) in [5, 5.41) is 2.63. The minimum absolute atomic E-state index is 0.0232. The van der Waals surface area contributed by atoms with Gasteiger partial charge in [-0.3, -0.25) is 14.5 Å². The summed E-state index contributed by atoms with van der Waals surface area (Å²) in [6.07, 6.45) is 13.9. The third-order valence-electron chi connectivity index (χ3n) is 10.6. The van der Waals surface area contributed by atoms with E-state index in [0.717, 1.165) is 60.8 Å². The number of amides is 2. The zero-order valence-electron chi connectivity index (χ0n) is 26.6. The summed E-state index contributed by atoms with van der Waals surface area (Å²) < 4.78 is 0. The molecule has 3 N–H and O–H groups in total. The number of nitrogens with zero attached hydrogens (tertiary/aromatic N) is 4. The summed E-state index contributed by atoms with van der Waals surface area (Å²) in [7, 11) is 2.18. The Balaban J connectivity index is 1.00. The number of fused-ring (bicyclic) bond motifs is 2. The smallest absolute Gasteiger partial charge is 0.242 e. The van der Waals surface area contributed by atoms with Gasteiger partial charge < -0.3 is 20.2 Å². The van der Waals surface area contributed by atoms with Gasteiger partial charge in [-0.05, 0) is 98.0 Å². The summed E-state index contributed by atoms with van der Waals surface area (Å²) in [6.45, 7) is 3.26. The molecule has 0 radical (unpaired) electrons. The van der Waals surface area contributed by atoms with E-state index >= 15 is 0 Å². The van der Waals surface area contributed by atoms with Gasteiger partial charge in [0.2, 0.25) is 11.8 Å². The zero-order chi connectivity index (χ0) is 31.4. The molecule has 1 spiro atoms. The first-order chi connectivity index (χ1) is 22.4. The van der Waals surface area contributed by atoms with Crippen molar-refractivity contribution in [3.05, 3.63) is 83.2 Å². The van der Waals surface area contributed by atoms with Crippen LogP contribution in [0.2, 0.25) is 0 Å². The predicted molar refractivity (Wildman–Crippen MR) is 178 cm³/mol. The highest BCUT2D eigenvalue weighted by atomic mass is 16.2. The van der Waals surface area contributed by atoms with Gasteiger partial charge in [0, 0.05) is 18.9 Å². The maximum atomic E-state index is 12.8. The number of benzene rings is 2. The van der Waals surface area contributed by atoms with E-state index in [-0.39, 0.29) is 29.8 Å². The second kappa shape index (κ2) is 11.4. The van der Waals surface area contributed by atoms with Crippen LogP contribution in [0.3, 0.4) is 0 Å². The minimum Gasteiger partial charge on any atom is -0.347 e. The Morgan fingerprint density at radius 1 is 0.891 bits per heavy atom. The molecular weight excluding hydrogens is 574 g/mol. The standard InChI is InChI=1S/C37H41N7O2/c1-23(45)38-22-34(46)44-16-4-6-33(44)36-40-21-31(42-36)27-12-11-26-17-28(19-37(13-14-37)29(26)18-27)24-7-9-25(10-8-24)30-20-39-35(41-30)32-5-3-15-43(32)2/h7-12,17-18,20-21,32-33H,3-6,13-16,19,22H2,1-2H3,(H,38,45)(H,39,41)(H,40,42)/t32-,33-/m0/s1. The molecule has 0 bridgehead atoms. The van der Waals surface area contributed by atoms with Crippen molar-refractivity contribution in [1.82, 2.24) is 35.1 Å². The largest absolute Gasteiger partial charge is 0.347 e. The lowest BCUT2D eigenvalue weighted by Gasteiger charge is -2.26. The van der Waals surface area contributed by atoms with Crippen LogP contribution in [-0.4, -0.2) is 68.2 Å². The first kappa shape index (κ1) is 28.9. The van der Waals surface area contributed by atoms with E-state index < -0.39 is 0 Å². The molecule has 3 fully saturated rings. The second-order valence-corrected chi connectivity index (χ2v) is 13.7. The Hall–Kier alpha value is -4.50. The highest BCUT2D eigenvalue weighted by molar-refractivity contribution is 5.88. The molecule has 4 heterocycles. The van der Waals surface area contributed by atoms with Gasteiger partial charge >= 0.3 is 0 Å². The van der Waals surface area contributed by atoms with Crippen molar-refractivity contribution < 1.29 is 9.59 Å². The van der Waals surface area contributed by atoms with Crippen molar-refractivity contribution in [1.29, 1.82) is 0 Å². The van der Waals surface area contributed by atoms with Crippen LogP contribution in [0.15, 0.2) is 54.9 Å². The molecule has 1 saturated carbocycles. The van der Waals surface area contributed by atoms with Crippen molar-refractivity contribution in [3.63, 3.8) is 0 Å². The van der Waals surface area contributed by atoms with Crippen LogP contribution >= 0.6 is 0 Å². The zero-order valence-corrected chi connectivity index (χ0v) is 26.6. The van der Waals surface area contributed by atoms with Gasteiger partial charge in [-0.1, -0.05) is 42.5 Å². The van der Waals surface area contributed by atoms with E-state index in [1.165, 1.54) is 54.0 Å². The summed E-state index contributed by atoms with van der Waals surface area (Å²) >= 11 is 0. The summed E-state index contributed by atoms with van der Waals surface area (Å²) in [5.41, 5.74) is 9.96. The van der Waals surface area contributed by atoms with Crippen molar-refractivity contribution >= 4 is 23.5 Å². The fourth-order valence-electron chi connectivity index (χ4n) is 7.87. The van der Waals surface area contributed by atoms with Crippen LogP contribution in [0.1, 0.15) is 92.3 Å². The number of aromatic nitrogens is 4. The second-order valence-electron chi connectivity index (χ2n) is 13.7. The molecule has 4 aromatic rings. The van der Waals surface area contributed by atoms with Crippen LogP contribution < -0.4 is 5.32 Å². The molecular formula is C37H41N7O2.